The maximum Gasteiger partial charge on any atom is -0.00489 e. The Bertz CT molecular complexity index is 374. The zero-order valence-corrected chi connectivity index (χ0v) is 30.5. The quantitative estimate of drug-likeness (QED) is 0.0705. The van der Waals surface area contributed by atoms with E-state index in [2.05, 4.69) is 31.4 Å². The van der Waals surface area contributed by atoms with Crippen molar-refractivity contribution in [2.45, 2.75) is 233 Å². The van der Waals surface area contributed by atoms with Crippen molar-refractivity contribution in [2.75, 3.05) is 26.7 Å². The van der Waals surface area contributed by atoms with Crippen LogP contribution in [0.2, 0.25) is 0 Å². The Kier molecular flexibility index (Phi) is 47.6. The van der Waals surface area contributed by atoms with Gasteiger partial charge in [0.1, 0.15) is 0 Å². The highest BCUT2D eigenvalue weighted by atomic mass is 14.8. The standard InChI is InChI=1S/C36H75N.C4H11N/c1-3-5-7-9-11-13-15-17-19-21-23-25-27-29-31-33-35-37-36-34-32-30-28-26-24-22-20-18-16-14-12-10-8-6-4-2;1-3-4-5-2/h37H,3-36H2,1-2H3;5H,3-4H2,1-2H3. The molecule has 0 amide bonds. The zero-order chi connectivity index (χ0) is 30.9. The third-order valence-electron chi connectivity index (χ3n) is 8.91. The summed E-state index contributed by atoms with van der Waals surface area (Å²) in [5.74, 6) is 0. The lowest BCUT2D eigenvalue weighted by molar-refractivity contribution is 0.515. The van der Waals surface area contributed by atoms with Crippen LogP contribution in [-0.4, -0.2) is 26.7 Å². The average molecular weight is 595 g/mol. The molecule has 0 aliphatic rings. The molecule has 0 atom stereocenters. The summed E-state index contributed by atoms with van der Waals surface area (Å²) >= 11 is 0. The van der Waals surface area contributed by atoms with Crippen LogP contribution in [0.3, 0.4) is 0 Å². The lowest BCUT2D eigenvalue weighted by atomic mass is 10.0. The molecule has 0 aromatic carbocycles. The molecule has 0 spiro atoms. The predicted molar refractivity (Wildman–Crippen MR) is 196 cm³/mol. The summed E-state index contributed by atoms with van der Waals surface area (Å²) in [6.45, 7) is 10.4. The summed E-state index contributed by atoms with van der Waals surface area (Å²) in [7, 11) is 1.96. The zero-order valence-electron chi connectivity index (χ0n) is 30.5. The number of rotatable bonds is 36. The highest BCUT2D eigenvalue weighted by molar-refractivity contribution is 4.54. The van der Waals surface area contributed by atoms with Crippen LogP contribution in [0.4, 0.5) is 0 Å². The van der Waals surface area contributed by atoms with E-state index in [-0.39, 0.29) is 0 Å². The Labute approximate surface area is 269 Å². The van der Waals surface area contributed by atoms with E-state index in [4.69, 9.17) is 0 Å². The van der Waals surface area contributed by atoms with Gasteiger partial charge in [0.2, 0.25) is 0 Å². The molecule has 0 unspecified atom stereocenters. The maximum atomic E-state index is 3.68. The Morgan fingerprint density at radius 3 is 0.619 bits per heavy atom. The lowest BCUT2D eigenvalue weighted by Gasteiger charge is -2.06. The van der Waals surface area contributed by atoms with Crippen molar-refractivity contribution < 1.29 is 0 Å². The highest BCUT2D eigenvalue weighted by Crippen LogP contribution is 2.15. The minimum Gasteiger partial charge on any atom is -0.320 e. The van der Waals surface area contributed by atoms with Gasteiger partial charge in [0.05, 0.1) is 0 Å². The van der Waals surface area contributed by atoms with E-state index >= 15 is 0 Å². The van der Waals surface area contributed by atoms with E-state index in [1.165, 1.54) is 225 Å². The van der Waals surface area contributed by atoms with E-state index in [0.717, 1.165) is 6.54 Å². The molecule has 0 aliphatic carbocycles. The van der Waals surface area contributed by atoms with Crippen LogP contribution >= 0.6 is 0 Å². The normalized spacial score (nSPS) is 11.1. The van der Waals surface area contributed by atoms with Crippen LogP contribution in [0.15, 0.2) is 0 Å². The maximum absolute atomic E-state index is 3.68. The van der Waals surface area contributed by atoms with Crippen molar-refractivity contribution in [3.05, 3.63) is 0 Å². The number of unbranched alkanes of at least 4 members (excludes halogenated alkanes) is 30. The number of hydrogen-bond acceptors (Lipinski definition) is 2. The Morgan fingerprint density at radius 1 is 0.238 bits per heavy atom. The van der Waals surface area contributed by atoms with Crippen LogP contribution < -0.4 is 10.6 Å². The first-order valence-corrected chi connectivity index (χ1v) is 20.2. The molecule has 2 nitrogen and oxygen atoms in total. The molecular formula is C40H86N2. The fourth-order valence-electron chi connectivity index (χ4n) is 5.97. The van der Waals surface area contributed by atoms with Crippen molar-refractivity contribution in [3.63, 3.8) is 0 Å². The van der Waals surface area contributed by atoms with Crippen molar-refractivity contribution in [1.82, 2.24) is 10.6 Å². The van der Waals surface area contributed by atoms with Gasteiger partial charge in [-0.15, -0.1) is 0 Å². The van der Waals surface area contributed by atoms with Gasteiger partial charge in [-0.25, -0.2) is 0 Å². The minimum absolute atomic E-state index is 1.14. The largest absolute Gasteiger partial charge is 0.320 e. The summed E-state index contributed by atoms with van der Waals surface area (Å²) in [5.41, 5.74) is 0. The summed E-state index contributed by atoms with van der Waals surface area (Å²) in [6.07, 6.45) is 47.9. The molecule has 2 heteroatoms. The van der Waals surface area contributed by atoms with Gasteiger partial charge in [0, 0.05) is 0 Å². The topological polar surface area (TPSA) is 24.1 Å². The van der Waals surface area contributed by atoms with E-state index in [1.807, 2.05) is 7.05 Å². The third kappa shape index (κ3) is 46.9. The molecular weight excluding hydrogens is 508 g/mol. The predicted octanol–water partition coefficient (Wildman–Crippen LogP) is 13.7. The van der Waals surface area contributed by atoms with Gasteiger partial charge in [-0.2, -0.15) is 0 Å². The first-order valence-electron chi connectivity index (χ1n) is 20.2. The minimum atomic E-state index is 1.14. The molecule has 0 heterocycles. The third-order valence-corrected chi connectivity index (χ3v) is 8.91. The summed E-state index contributed by atoms with van der Waals surface area (Å²) in [6, 6.07) is 0. The van der Waals surface area contributed by atoms with Gasteiger partial charge < -0.3 is 10.6 Å². The SMILES string of the molecule is CCCCCCCCCCCCCCCCCCNCCCCCCCCCCCCCCCCCC.CCCNC. The molecule has 42 heavy (non-hydrogen) atoms. The van der Waals surface area contributed by atoms with Crippen LogP contribution in [-0.2, 0) is 0 Å². The van der Waals surface area contributed by atoms with Crippen LogP contribution in [0.25, 0.3) is 0 Å². The van der Waals surface area contributed by atoms with Crippen molar-refractivity contribution in [3.8, 4) is 0 Å². The smallest absolute Gasteiger partial charge is 0.00489 e. The molecule has 0 aliphatic heterocycles. The Hall–Kier alpha value is -0.0800. The first kappa shape index (κ1) is 44.0. The van der Waals surface area contributed by atoms with Crippen molar-refractivity contribution in [2.24, 2.45) is 0 Å². The monoisotopic (exact) mass is 595 g/mol. The molecule has 256 valence electrons. The summed E-state index contributed by atoms with van der Waals surface area (Å²) in [5, 5.41) is 6.70. The van der Waals surface area contributed by atoms with E-state index in [1.54, 1.807) is 0 Å². The fourth-order valence-corrected chi connectivity index (χ4v) is 5.97. The van der Waals surface area contributed by atoms with Gasteiger partial charge in [0.25, 0.3) is 0 Å². The molecule has 0 bridgehead atoms. The van der Waals surface area contributed by atoms with E-state index in [0.29, 0.717) is 0 Å². The van der Waals surface area contributed by atoms with Crippen molar-refractivity contribution >= 4 is 0 Å². The molecule has 0 radical (unpaired) electrons. The second-order valence-corrected chi connectivity index (χ2v) is 13.5. The molecule has 0 saturated heterocycles. The Balaban J connectivity index is 0. The lowest BCUT2D eigenvalue weighted by Crippen LogP contribution is -2.16. The number of hydrogen-bond donors (Lipinski definition) is 2. The number of nitrogens with one attached hydrogen (secondary N) is 2. The molecule has 0 aromatic rings. The van der Waals surface area contributed by atoms with Gasteiger partial charge in [0.15, 0.2) is 0 Å². The van der Waals surface area contributed by atoms with Crippen LogP contribution in [0.5, 0.6) is 0 Å². The molecule has 0 fully saturated rings. The average Bonchev–Trinajstić information content (AvgIpc) is 3.00. The molecule has 0 rings (SSSR count). The molecule has 0 aromatic heterocycles. The van der Waals surface area contributed by atoms with Crippen LogP contribution in [0, 0.1) is 0 Å². The first-order chi connectivity index (χ1) is 20.8. The molecule has 2 N–H and O–H groups in total. The molecule has 0 saturated carbocycles. The van der Waals surface area contributed by atoms with E-state index in [9.17, 15) is 0 Å². The van der Waals surface area contributed by atoms with Gasteiger partial charge in [-0.05, 0) is 45.9 Å². The second kappa shape index (κ2) is 45.4. The van der Waals surface area contributed by atoms with Gasteiger partial charge >= 0.3 is 0 Å². The van der Waals surface area contributed by atoms with Crippen LogP contribution in [0.1, 0.15) is 233 Å². The van der Waals surface area contributed by atoms with E-state index < -0.39 is 0 Å². The summed E-state index contributed by atoms with van der Waals surface area (Å²) < 4.78 is 0. The van der Waals surface area contributed by atoms with Gasteiger partial charge in [-0.1, -0.05) is 213 Å². The second-order valence-electron chi connectivity index (χ2n) is 13.5. The summed E-state index contributed by atoms with van der Waals surface area (Å²) in [4.78, 5) is 0. The van der Waals surface area contributed by atoms with Crippen molar-refractivity contribution in [1.29, 1.82) is 0 Å². The fraction of sp³-hybridized carbons (Fsp3) is 1.00. The Morgan fingerprint density at radius 2 is 0.452 bits per heavy atom. The highest BCUT2D eigenvalue weighted by Gasteiger charge is 1.97. The van der Waals surface area contributed by atoms with Gasteiger partial charge in [-0.3, -0.25) is 0 Å².